The third kappa shape index (κ3) is 3.06. The molecule has 84 valence electrons. The lowest BCUT2D eigenvalue weighted by Crippen LogP contribution is -1.93. The van der Waals surface area contributed by atoms with Crippen LogP contribution in [0.5, 0.6) is 0 Å². The number of halogens is 2. The second kappa shape index (κ2) is 5.30. The summed E-state index contributed by atoms with van der Waals surface area (Å²) in [6, 6.07) is 8.24. The molecule has 0 saturated heterocycles. The second-order valence-corrected chi connectivity index (χ2v) is 6.29. The van der Waals surface area contributed by atoms with Crippen LogP contribution in [0.4, 0.5) is 0 Å². The number of alkyl halides is 1. The van der Waals surface area contributed by atoms with Gasteiger partial charge in [0.2, 0.25) is 0 Å². The molecule has 0 fully saturated rings. The minimum Gasteiger partial charge on any atom is -0.250 e. The largest absolute Gasteiger partial charge is 0.250 e. The van der Waals surface area contributed by atoms with Crippen LogP contribution in [0, 0.1) is 6.92 Å². The van der Waals surface area contributed by atoms with Crippen LogP contribution in [0.2, 0.25) is 0 Å². The van der Waals surface area contributed by atoms with E-state index in [4.69, 9.17) is 11.6 Å². The Labute approximate surface area is 113 Å². The van der Waals surface area contributed by atoms with E-state index >= 15 is 0 Å². The molecule has 1 aromatic carbocycles. The van der Waals surface area contributed by atoms with E-state index in [0.717, 1.165) is 20.8 Å². The van der Waals surface area contributed by atoms with Gasteiger partial charge in [0.05, 0.1) is 10.4 Å². The van der Waals surface area contributed by atoms with Gasteiger partial charge in [-0.25, -0.2) is 4.98 Å². The summed E-state index contributed by atoms with van der Waals surface area (Å²) in [5.41, 5.74) is 1.24. The Kier molecular flexibility index (Phi) is 4.00. The van der Waals surface area contributed by atoms with Gasteiger partial charge in [-0.2, -0.15) is 0 Å². The highest BCUT2D eigenvalue weighted by Crippen LogP contribution is 2.29. The lowest BCUT2D eigenvalue weighted by atomic mass is 10.1. The molecule has 4 heteroatoms. The van der Waals surface area contributed by atoms with E-state index in [0.29, 0.717) is 0 Å². The van der Waals surface area contributed by atoms with E-state index in [-0.39, 0.29) is 5.38 Å². The van der Waals surface area contributed by atoms with Crippen molar-refractivity contribution in [3.8, 4) is 0 Å². The van der Waals surface area contributed by atoms with Crippen molar-refractivity contribution in [3.63, 3.8) is 0 Å². The summed E-state index contributed by atoms with van der Waals surface area (Å²) in [7, 11) is 0. The van der Waals surface area contributed by atoms with Gasteiger partial charge in [0.1, 0.15) is 0 Å². The fraction of sp³-hybridized carbons (Fsp3) is 0.250. The molecule has 1 nitrogen and oxygen atoms in total. The zero-order chi connectivity index (χ0) is 11.5. The molecule has 0 N–H and O–H groups in total. The molecule has 0 amide bonds. The first-order chi connectivity index (χ1) is 7.65. The third-order valence-corrected chi connectivity index (χ3v) is 4.29. The fourth-order valence-electron chi connectivity index (χ4n) is 1.49. The van der Waals surface area contributed by atoms with Crippen molar-refractivity contribution in [1.82, 2.24) is 4.98 Å². The maximum atomic E-state index is 6.36. The SMILES string of the molecule is Cc1ncc(C(Cl)Cc2cccc(Br)c2)s1. The molecule has 0 spiro atoms. The van der Waals surface area contributed by atoms with Gasteiger partial charge >= 0.3 is 0 Å². The van der Waals surface area contributed by atoms with Crippen LogP contribution in [0.3, 0.4) is 0 Å². The molecule has 0 bridgehead atoms. The summed E-state index contributed by atoms with van der Waals surface area (Å²) < 4.78 is 1.09. The lowest BCUT2D eigenvalue weighted by Gasteiger charge is -2.06. The molecule has 0 radical (unpaired) electrons. The van der Waals surface area contributed by atoms with E-state index in [1.54, 1.807) is 11.3 Å². The van der Waals surface area contributed by atoms with Crippen LogP contribution in [0.25, 0.3) is 0 Å². The molecule has 1 heterocycles. The Hall–Kier alpha value is -0.380. The molecule has 1 atom stereocenters. The molecule has 1 unspecified atom stereocenters. The van der Waals surface area contributed by atoms with E-state index in [1.165, 1.54) is 5.56 Å². The monoisotopic (exact) mass is 315 g/mol. The van der Waals surface area contributed by atoms with Crippen molar-refractivity contribution >= 4 is 38.9 Å². The number of aryl methyl sites for hydroxylation is 1. The maximum absolute atomic E-state index is 6.36. The highest BCUT2D eigenvalue weighted by Gasteiger charge is 2.11. The minimum absolute atomic E-state index is 0.0144. The molecule has 0 aliphatic rings. The van der Waals surface area contributed by atoms with E-state index < -0.39 is 0 Å². The minimum atomic E-state index is 0.0144. The topological polar surface area (TPSA) is 12.9 Å². The highest BCUT2D eigenvalue weighted by molar-refractivity contribution is 9.10. The fourth-order valence-corrected chi connectivity index (χ4v) is 3.07. The van der Waals surface area contributed by atoms with Gasteiger partial charge in [-0.3, -0.25) is 0 Å². The highest BCUT2D eigenvalue weighted by atomic mass is 79.9. The molecule has 2 rings (SSSR count). The number of nitrogens with zero attached hydrogens (tertiary/aromatic N) is 1. The smallest absolute Gasteiger partial charge is 0.0897 e. The van der Waals surface area contributed by atoms with E-state index in [1.807, 2.05) is 25.3 Å². The van der Waals surface area contributed by atoms with Crippen LogP contribution in [-0.2, 0) is 6.42 Å². The van der Waals surface area contributed by atoms with Crippen molar-refractivity contribution in [2.24, 2.45) is 0 Å². The summed E-state index contributed by atoms with van der Waals surface area (Å²) in [6.07, 6.45) is 2.71. The van der Waals surface area contributed by atoms with Gasteiger partial charge in [-0.05, 0) is 31.0 Å². The number of benzene rings is 1. The molecular weight excluding hydrogens is 306 g/mol. The van der Waals surface area contributed by atoms with Gasteiger partial charge < -0.3 is 0 Å². The van der Waals surface area contributed by atoms with Crippen LogP contribution in [-0.4, -0.2) is 4.98 Å². The Morgan fingerprint density at radius 3 is 2.94 bits per heavy atom. The van der Waals surface area contributed by atoms with Crippen LogP contribution in [0.1, 0.15) is 20.8 Å². The molecular formula is C12H11BrClNS. The molecule has 0 aliphatic heterocycles. The zero-order valence-electron chi connectivity index (χ0n) is 8.78. The Morgan fingerprint density at radius 2 is 2.31 bits per heavy atom. The Bertz CT molecular complexity index is 483. The number of thiazole rings is 1. The van der Waals surface area contributed by atoms with Crippen LogP contribution in [0.15, 0.2) is 34.9 Å². The number of hydrogen-bond acceptors (Lipinski definition) is 2. The van der Waals surface area contributed by atoms with E-state index in [9.17, 15) is 0 Å². The summed E-state index contributed by atoms with van der Waals surface area (Å²) in [5.74, 6) is 0. The predicted octanol–water partition coefficient (Wildman–Crippen LogP) is 4.74. The molecule has 16 heavy (non-hydrogen) atoms. The van der Waals surface area contributed by atoms with Crippen LogP contribution < -0.4 is 0 Å². The van der Waals surface area contributed by atoms with Gasteiger partial charge in [0.25, 0.3) is 0 Å². The van der Waals surface area contributed by atoms with Gasteiger partial charge in [-0.1, -0.05) is 28.1 Å². The van der Waals surface area contributed by atoms with Crippen molar-refractivity contribution in [3.05, 3.63) is 50.4 Å². The van der Waals surface area contributed by atoms with E-state index in [2.05, 4.69) is 33.0 Å². The molecule has 0 aliphatic carbocycles. The quantitative estimate of drug-likeness (QED) is 0.746. The Balaban J connectivity index is 2.10. The first-order valence-electron chi connectivity index (χ1n) is 4.96. The Morgan fingerprint density at radius 1 is 1.50 bits per heavy atom. The number of rotatable bonds is 3. The summed E-state index contributed by atoms with van der Waals surface area (Å²) in [6.45, 7) is 2.00. The molecule has 0 saturated carbocycles. The average molecular weight is 317 g/mol. The normalized spacial score (nSPS) is 12.7. The van der Waals surface area contributed by atoms with Crippen LogP contribution >= 0.6 is 38.9 Å². The molecule has 2 aromatic rings. The number of hydrogen-bond donors (Lipinski definition) is 0. The van der Waals surface area contributed by atoms with Crippen molar-refractivity contribution in [2.75, 3.05) is 0 Å². The average Bonchev–Trinajstić information content (AvgIpc) is 2.65. The summed E-state index contributed by atoms with van der Waals surface area (Å²) in [4.78, 5) is 5.36. The van der Waals surface area contributed by atoms with Gasteiger partial charge in [0.15, 0.2) is 0 Å². The van der Waals surface area contributed by atoms with Crippen molar-refractivity contribution in [1.29, 1.82) is 0 Å². The first-order valence-corrected chi connectivity index (χ1v) is 7.00. The summed E-state index contributed by atoms with van der Waals surface area (Å²) in [5, 5.41) is 1.08. The summed E-state index contributed by atoms with van der Waals surface area (Å²) >= 11 is 11.5. The third-order valence-electron chi connectivity index (χ3n) is 2.25. The van der Waals surface area contributed by atoms with Crippen molar-refractivity contribution < 1.29 is 0 Å². The van der Waals surface area contributed by atoms with Gasteiger partial charge in [-0.15, -0.1) is 22.9 Å². The zero-order valence-corrected chi connectivity index (χ0v) is 11.9. The van der Waals surface area contributed by atoms with Crippen molar-refractivity contribution in [2.45, 2.75) is 18.7 Å². The standard InChI is InChI=1S/C12H11BrClNS/c1-8-15-7-12(16-8)11(14)6-9-3-2-4-10(13)5-9/h2-5,7,11H,6H2,1H3. The predicted molar refractivity (Wildman–Crippen MR) is 73.3 cm³/mol. The number of aromatic nitrogens is 1. The molecule has 1 aromatic heterocycles. The first kappa shape index (κ1) is 12.1. The van der Waals surface area contributed by atoms with Gasteiger partial charge in [0, 0.05) is 15.5 Å². The lowest BCUT2D eigenvalue weighted by molar-refractivity contribution is 0.935. The second-order valence-electron chi connectivity index (χ2n) is 3.58. The maximum Gasteiger partial charge on any atom is 0.0897 e.